The summed E-state index contributed by atoms with van der Waals surface area (Å²) in [7, 11) is 0. The Hall–Kier alpha value is -2.26. The second-order valence-electron chi connectivity index (χ2n) is 4.46. The summed E-state index contributed by atoms with van der Waals surface area (Å²) < 4.78 is 0. The van der Waals surface area contributed by atoms with E-state index in [0.29, 0.717) is 12.1 Å². The molecule has 94 valence electrons. The second kappa shape index (κ2) is 5.16. The summed E-state index contributed by atoms with van der Waals surface area (Å²) in [5.41, 5.74) is 2.74. The first-order valence-corrected chi connectivity index (χ1v) is 6.26. The zero-order chi connectivity index (χ0) is 13.1. The molecule has 2 heterocycles. The molecule has 1 N–H and O–H groups in total. The molecule has 1 unspecified atom stereocenters. The van der Waals surface area contributed by atoms with E-state index >= 15 is 0 Å². The average Bonchev–Trinajstić information content (AvgIpc) is 2.48. The van der Waals surface area contributed by atoms with E-state index in [2.05, 4.69) is 9.97 Å². The lowest BCUT2D eigenvalue weighted by Gasteiger charge is -2.11. The van der Waals surface area contributed by atoms with Crippen LogP contribution in [0.4, 0.5) is 0 Å². The van der Waals surface area contributed by atoms with Crippen LogP contribution in [-0.2, 0) is 6.42 Å². The van der Waals surface area contributed by atoms with Gasteiger partial charge in [-0.2, -0.15) is 0 Å². The van der Waals surface area contributed by atoms with Crippen molar-refractivity contribution in [3.8, 4) is 0 Å². The first kappa shape index (κ1) is 11.8. The maximum absolute atomic E-state index is 10.3. The Balaban J connectivity index is 1.94. The molecule has 3 aromatic rings. The molecular formula is C16H14N2O. The van der Waals surface area contributed by atoms with Crippen LogP contribution in [0.1, 0.15) is 17.4 Å². The number of nitrogens with zero attached hydrogens (tertiary/aromatic N) is 2. The van der Waals surface area contributed by atoms with E-state index in [9.17, 15) is 5.11 Å². The van der Waals surface area contributed by atoms with Crippen LogP contribution in [-0.4, -0.2) is 15.1 Å². The molecule has 0 fully saturated rings. The number of fused-ring (bicyclic) bond motifs is 1. The van der Waals surface area contributed by atoms with Crippen LogP contribution in [0.2, 0.25) is 0 Å². The summed E-state index contributed by atoms with van der Waals surface area (Å²) in [4.78, 5) is 8.51. The minimum atomic E-state index is -0.591. The highest BCUT2D eigenvalue weighted by Crippen LogP contribution is 2.22. The number of aromatic nitrogens is 2. The van der Waals surface area contributed by atoms with Gasteiger partial charge in [0.1, 0.15) is 0 Å². The van der Waals surface area contributed by atoms with Gasteiger partial charge in [-0.15, -0.1) is 0 Å². The smallest absolute Gasteiger partial charge is 0.1000 e. The van der Waals surface area contributed by atoms with E-state index in [4.69, 9.17) is 0 Å². The molecule has 3 rings (SSSR count). The lowest BCUT2D eigenvalue weighted by atomic mass is 10.0. The Kier molecular flexibility index (Phi) is 3.21. The van der Waals surface area contributed by atoms with Crippen LogP contribution in [0.5, 0.6) is 0 Å². The summed E-state index contributed by atoms with van der Waals surface area (Å²) in [6, 6.07) is 15.5. The third-order valence-corrected chi connectivity index (χ3v) is 3.18. The van der Waals surface area contributed by atoms with E-state index in [1.54, 1.807) is 12.4 Å². The van der Waals surface area contributed by atoms with Crippen molar-refractivity contribution in [2.45, 2.75) is 12.5 Å². The lowest BCUT2D eigenvalue weighted by Crippen LogP contribution is -2.04. The molecule has 1 atom stereocenters. The summed E-state index contributed by atoms with van der Waals surface area (Å²) in [5.74, 6) is 0. The van der Waals surface area contributed by atoms with Crippen LogP contribution < -0.4 is 0 Å². The van der Waals surface area contributed by atoms with Crippen LogP contribution in [0, 0.1) is 0 Å². The van der Waals surface area contributed by atoms with Gasteiger partial charge in [-0.3, -0.25) is 9.97 Å². The fraction of sp³-hybridized carbons (Fsp3) is 0.125. The normalized spacial score (nSPS) is 12.5. The van der Waals surface area contributed by atoms with Crippen molar-refractivity contribution in [3.05, 3.63) is 72.2 Å². The maximum Gasteiger partial charge on any atom is 0.1000 e. The third-order valence-electron chi connectivity index (χ3n) is 3.18. The Morgan fingerprint density at radius 3 is 2.58 bits per heavy atom. The molecule has 1 aromatic carbocycles. The molecule has 0 saturated heterocycles. The van der Waals surface area contributed by atoms with E-state index in [1.807, 2.05) is 48.5 Å². The largest absolute Gasteiger partial charge is 0.386 e. The summed E-state index contributed by atoms with van der Waals surface area (Å²) >= 11 is 0. The van der Waals surface area contributed by atoms with Crippen molar-refractivity contribution in [2.24, 2.45) is 0 Å². The minimum Gasteiger partial charge on any atom is -0.386 e. The Bertz CT molecular complexity index is 677. The van der Waals surface area contributed by atoms with Gasteiger partial charge in [0.05, 0.1) is 17.3 Å². The fourth-order valence-corrected chi connectivity index (χ4v) is 2.22. The maximum atomic E-state index is 10.3. The molecule has 0 aliphatic heterocycles. The van der Waals surface area contributed by atoms with E-state index in [0.717, 1.165) is 16.5 Å². The van der Waals surface area contributed by atoms with Gasteiger partial charge >= 0.3 is 0 Å². The van der Waals surface area contributed by atoms with E-state index in [1.165, 1.54) is 0 Å². The van der Waals surface area contributed by atoms with Crippen LogP contribution in [0.15, 0.2) is 60.9 Å². The first-order valence-electron chi connectivity index (χ1n) is 6.26. The summed E-state index contributed by atoms with van der Waals surface area (Å²) in [5, 5.41) is 11.3. The van der Waals surface area contributed by atoms with Crippen molar-refractivity contribution in [3.63, 3.8) is 0 Å². The van der Waals surface area contributed by atoms with Gasteiger partial charge in [-0.05, 0) is 29.8 Å². The number of aliphatic hydroxyl groups is 1. The molecule has 0 radical (unpaired) electrons. The Labute approximate surface area is 111 Å². The fourth-order valence-electron chi connectivity index (χ4n) is 2.22. The summed E-state index contributed by atoms with van der Waals surface area (Å²) in [6.07, 6.45) is 3.43. The number of hydrogen-bond donors (Lipinski definition) is 1. The van der Waals surface area contributed by atoms with Gasteiger partial charge in [0, 0.05) is 24.2 Å². The number of para-hydroxylation sites is 1. The number of pyridine rings is 2. The molecule has 3 heteroatoms. The van der Waals surface area contributed by atoms with Crippen molar-refractivity contribution in [2.75, 3.05) is 0 Å². The predicted octanol–water partition coefficient (Wildman–Crippen LogP) is 2.91. The molecule has 0 amide bonds. The molecule has 0 bridgehead atoms. The molecule has 0 aliphatic carbocycles. The monoisotopic (exact) mass is 250 g/mol. The lowest BCUT2D eigenvalue weighted by molar-refractivity contribution is 0.174. The number of aliphatic hydroxyl groups excluding tert-OH is 1. The second-order valence-corrected chi connectivity index (χ2v) is 4.46. The van der Waals surface area contributed by atoms with Crippen LogP contribution in [0.3, 0.4) is 0 Å². The van der Waals surface area contributed by atoms with E-state index < -0.39 is 6.10 Å². The van der Waals surface area contributed by atoms with Crippen LogP contribution in [0.25, 0.3) is 10.9 Å². The first-order chi connectivity index (χ1) is 9.34. The van der Waals surface area contributed by atoms with Crippen molar-refractivity contribution >= 4 is 10.9 Å². The highest BCUT2D eigenvalue weighted by molar-refractivity contribution is 5.81. The van der Waals surface area contributed by atoms with Gasteiger partial charge in [-0.1, -0.05) is 24.3 Å². The summed E-state index contributed by atoms with van der Waals surface area (Å²) in [6.45, 7) is 0. The molecule has 0 aliphatic rings. The zero-order valence-corrected chi connectivity index (χ0v) is 10.4. The predicted molar refractivity (Wildman–Crippen MR) is 74.6 cm³/mol. The molecular weight excluding hydrogens is 236 g/mol. The molecule has 3 nitrogen and oxygen atoms in total. The topological polar surface area (TPSA) is 46.0 Å². The van der Waals surface area contributed by atoms with Crippen molar-refractivity contribution in [1.82, 2.24) is 9.97 Å². The van der Waals surface area contributed by atoms with Gasteiger partial charge in [-0.25, -0.2) is 0 Å². The standard InChI is InChI=1S/C16H14N2O/c19-16(15-7-3-4-9-17-15)11-12-8-10-18-14-6-2-1-5-13(12)14/h1-10,16,19H,11H2. The van der Waals surface area contributed by atoms with Gasteiger partial charge in [0.15, 0.2) is 0 Å². The van der Waals surface area contributed by atoms with E-state index in [-0.39, 0.29) is 0 Å². The number of benzene rings is 1. The van der Waals surface area contributed by atoms with Crippen molar-refractivity contribution < 1.29 is 5.11 Å². The number of hydrogen-bond acceptors (Lipinski definition) is 3. The molecule has 2 aromatic heterocycles. The van der Waals surface area contributed by atoms with Crippen LogP contribution >= 0.6 is 0 Å². The average molecular weight is 250 g/mol. The zero-order valence-electron chi connectivity index (χ0n) is 10.4. The Morgan fingerprint density at radius 2 is 1.74 bits per heavy atom. The van der Waals surface area contributed by atoms with Gasteiger partial charge in [0.25, 0.3) is 0 Å². The Morgan fingerprint density at radius 1 is 0.895 bits per heavy atom. The number of rotatable bonds is 3. The quantitative estimate of drug-likeness (QED) is 0.777. The molecule has 19 heavy (non-hydrogen) atoms. The highest BCUT2D eigenvalue weighted by atomic mass is 16.3. The SMILES string of the molecule is OC(Cc1ccnc2ccccc12)c1ccccn1. The highest BCUT2D eigenvalue weighted by Gasteiger charge is 2.11. The van der Waals surface area contributed by atoms with Crippen molar-refractivity contribution in [1.29, 1.82) is 0 Å². The molecule has 0 saturated carbocycles. The third kappa shape index (κ3) is 2.46. The minimum absolute atomic E-state index is 0.542. The van der Waals surface area contributed by atoms with Gasteiger partial charge < -0.3 is 5.11 Å². The molecule has 0 spiro atoms. The van der Waals surface area contributed by atoms with Gasteiger partial charge in [0.2, 0.25) is 0 Å².